The summed E-state index contributed by atoms with van der Waals surface area (Å²) in [5.74, 6) is 1.97. The number of benzene rings is 2. The van der Waals surface area contributed by atoms with Gasteiger partial charge in [0.15, 0.2) is 0 Å². The van der Waals surface area contributed by atoms with Crippen molar-refractivity contribution in [3.63, 3.8) is 0 Å². The molecule has 1 amide bonds. The highest BCUT2D eigenvalue weighted by Crippen LogP contribution is 2.23. The topological polar surface area (TPSA) is 66.0 Å². The van der Waals surface area contributed by atoms with Gasteiger partial charge in [-0.05, 0) is 49.4 Å². The Morgan fingerprint density at radius 1 is 1.00 bits per heavy atom. The van der Waals surface area contributed by atoms with Crippen molar-refractivity contribution in [1.29, 1.82) is 0 Å². The third kappa shape index (κ3) is 5.39. The lowest BCUT2D eigenvalue weighted by Gasteiger charge is -2.15. The second-order valence-corrected chi connectivity index (χ2v) is 5.82. The Kier molecular flexibility index (Phi) is 7.29. The molecule has 140 valence electrons. The molecule has 0 radical (unpaired) electrons. The zero-order valence-electron chi connectivity index (χ0n) is 15.6. The van der Waals surface area contributed by atoms with Gasteiger partial charge in [-0.15, -0.1) is 0 Å². The van der Waals surface area contributed by atoms with E-state index in [9.17, 15) is 4.79 Å². The van der Waals surface area contributed by atoms with E-state index in [2.05, 4.69) is 5.32 Å². The minimum Gasteiger partial charge on any atom is -0.497 e. The van der Waals surface area contributed by atoms with E-state index in [1.54, 1.807) is 39.5 Å². The zero-order chi connectivity index (χ0) is 18.9. The molecule has 1 N–H and O–H groups in total. The highest BCUT2D eigenvalue weighted by atomic mass is 16.5. The van der Waals surface area contributed by atoms with Crippen molar-refractivity contribution in [3.05, 3.63) is 53.6 Å². The quantitative estimate of drug-likeness (QED) is 0.745. The predicted molar refractivity (Wildman–Crippen MR) is 99.1 cm³/mol. The van der Waals surface area contributed by atoms with Crippen LogP contribution in [0.2, 0.25) is 0 Å². The minimum absolute atomic E-state index is 0.0754. The highest BCUT2D eigenvalue weighted by Gasteiger charge is 2.13. The standard InChI is InChI=1S/C20H25NO5/c1-14(12-23-2)21-20(22)15-5-10-19(25-4)16(11-15)13-26-18-8-6-17(24-3)7-9-18/h5-11,14H,12-13H2,1-4H3,(H,21,22). The summed E-state index contributed by atoms with van der Waals surface area (Å²) in [6, 6.07) is 12.5. The molecule has 1 unspecified atom stereocenters. The lowest BCUT2D eigenvalue weighted by atomic mass is 10.1. The largest absolute Gasteiger partial charge is 0.497 e. The summed E-state index contributed by atoms with van der Waals surface area (Å²) in [6.07, 6.45) is 0. The number of nitrogens with one attached hydrogen (secondary N) is 1. The smallest absolute Gasteiger partial charge is 0.251 e. The fourth-order valence-corrected chi connectivity index (χ4v) is 2.46. The molecule has 0 saturated heterocycles. The van der Waals surface area contributed by atoms with Gasteiger partial charge in [0.2, 0.25) is 0 Å². The maximum absolute atomic E-state index is 12.4. The highest BCUT2D eigenvalue weighted by molar-refractivity contribution is 5.94. The summed E-state index contributed by atoms with van der Waals surface area (Å²) in [4.78, 5) is 12.4. The molecule has 0 saturated carbocycles. The van der Waals surface area contributed by atoms with Gasteiger partial charge in [0.1, 0.15) is 23.9 Å². The average molecular weight is 359 g/mol. The normalized spacial score (nSPS) is 11.5. The van der Waals surface area contributed by atoms with Crippen molar-refractivity contribution >= 4 is 5.91 Å². The second-order valence-electron chi connectivity index (χ2n) is 5.82. The molecule has 0 bridgehead atoms. The fraction of sp³-hybridized carbons (Fsp3) is 0.350. The first-order valence-corrected chi connectivity index (χ1v) is 8.31. The number of hydrogen-bond acceptors (Lipinski definition) is 5. The number of ether oxygens (including phenoxy) is 4. The number of rotatable bonds is 9. The molecule has 2 aromatic rings. The van der Waals surface area contributed by atoms with Crippen LogP contribution in [0, 0.1) is 0 Å². The second kappa shape index (κ2) is 9.68. The first-order chi connectivity index (χ1) is 12.6. The average Bonchev–Trinajstić information content (AvgIpc) is 2.66. The van der Waals surface area contributed by atoms with Gasteiger partial charge in [-0.2, -0.15) is 0 Å². The Balaban J connectivity index is 2.09. The van der Waals surface area contributed by atoms with E-state index in [4.69, 9.17) is 18.9 Å². The minimum atomic E-state index is -0.164. The molecule has 1 atom stereocenters. The van der Waals surface area contributed by atoms with Crippen LogP contribution in [-0.2, 0) is 11.3 Å². The van der Waals surface area contributed by atoms with E-state index >= 15 is 0 Å². The first-order valence-electron chi connectivity index (χ1n) is 8.31. The van der Waals surface area contributed by atoms with Crippen LogP contribution in [0.3, 0.4) is 0 Å². The van der Waals surface area contributed by atoms with Gasteiger partial charge in [0.25, 0.3) is 5.91 Å². The molecule has 0 aliphatic heterocycles. The van der Waals surface area contributed by atoms with Crippen LogP contribution in [-0.4, -0.2) is 39.9 Å². The van der Waals surface area contributed by atoms with E-state index in [0.29, 0.717) is 23.7 Å². The Bertz CT molecular complexity index is 715. The van der Waals surface area contributed by atoms with Gasteiger partial charge in [-0.3, -0.25) is 4.79 Å². The molecule has 2 aromatic carbocycles. The molecular weight excluding hydrogens is 334 g/mol. The van der Waals surface area contributed by atoms with E-state index in [-0.39, 0.29) is 18.6 Å². The monoisotopic (exact) mass is 359 g/mol. The van der Waals surface area contributed by atoms with Crippen LogP contribution >= 0.6 is 0 Å². The third-order valence-electron chi connectivity index (χ3n) is 3.79. The maximum atomic E-state index is 12.4. The number of amides is 1. The summed E-state index contributed by atoms with van der Waals surface area (Å²) < 4.78 is 21.3. The molecule has 26 heavy (non-hydrogen) atoms. The Hall–Kier alpha value is -2.73. The summed E-state index contributed by atoms with van der Waals surface area (Å²) in [5.41, 5.74) is 1.33. The third-order valence-corrected chi connectivity index (χ3v) is 3.79. The molecule has 0 aliphatic rings. The van der Waals surface area contributed by atoms with Crippen molar-refractivity contribution < 1.29 is 23.7 Å². The van der Waals surface area contributed by atoms with Gasteiger partial charge in [0.05, 0.1) is 20.8 Å². The van der Waals surface area contributed by atoms with E-state index in [1.807, 2.05) is 31.2 Å². The lowest BCUT2D eigenvalue weighted by Crippen LogP contribution is -2.35. The van der Waals surface area contributed by atoms with Gasteiger partial charge < -0.3 is 24.3 Å². The van der Waals surface area contributed by atoms with Gasteiger partial charge in [0, 0.05) is 24.3 Å². The maximum Gasteiger partial charge on any atom is 0.251 e. The molecule has 0 spiro atoms. The van der Waals surface area contributed by atoms with Crippen molar-refractivity contribution in [2.75, 3.05) is 27.9 Å². The van der Waals surface area contributed by atoms with E-state index in [0.717, 1.165) is 11.3 Å². The predicted octanol–water partition coefficient (Wildman–Crippen LogP) is 3.05. The van der Waals surface area contributed by atoms with Gasteiger partial charge in [-0.1, -0.05) is 0 Å². The van der Waals surface area contributed by atoms with E-state index in [1.165, 1.54) is 0 Å². The van der Waals surface area contributed by atoms with E-state index < -0.39 is 0 Å². The van der Waals surface area contributed by atoms with Crippen LogP contribution in [0.4, 0.5) is 0 Å². The molecule has 0 aromatic heterocycles. The van der Waals surface area contributed by atoms with Crippen LogP contribution in [0.15, 0.2) is 42.5 Å². The fourth-order valence-electron chi connectivity index (χ4n) is 2.46. The van der Waals surface area contributed by atoms with Gasteiger partial charge in [-0.25, -0.2) is 0 Å². The van der Waals surface area contributed by atoms with Crippen molar-refractivity contribution in [2.24, 2.45) is 0 Å². The molecule has 6 heteroatoms. The van der Waals surface area contributed by atoms with Crippen molar-refractivity contribution in [1.82, 2.24) is 5.32 Å². The Morgan fingerprint density at radius 2 is 1.69 bits per heavy atom. The van der Waals surface area contributed by atoms with Crippen LogP contribution in [0.25, 0.3) is 0 Å². The molecule has 0 heterocycles. The summed E-state index contributed by atoms with van der Waals surface area (Å²) in [7, 11) is 4.81. The lowest BCUT2D eigenvalue weighted by molar-refractivity contribution is 0.0905. The summed E-state index contributed by atoms with van der Waals surface area (Å²) in [6.45, 7) is 2.62. The first kappa shape index (κ1) is 19.6. The summed E-state index contributed by atoms with van der Waals surface area (Å²) in [5, 5.41) is 2.89. The van der Waals surface area contributed by atoms with Crippen LogP contribution in [0.1, 0.15) is 22.8 Å². The zero-order valence-corrected chi connectivity index (χ0v) is 15.6. The van der Waals surface area contributed by atoms with Crippen molar-refractivity contribution in [3.8, 4) is 17.2 Å². The molecule has 2 rings (SSSR count). The number of carbonyl (C=O) groups is 1. The number of methoxy groups -OCH3 is 3. The Morgan fingerprint density at radius 3 is 2.31 bits per heavy atom. The number of hydrogen-bond donors (Lipinski definition) is 1. The molecular formula is C20H25NO5. The molecule has 0 aliphatic carbocycles. The summed E-state index contributed by atoms with van der Waals surface area (Å²) >= 11 is 0. The van der Waals surface area contributed by atoms with Crippen LogP contribution < -0.4 is 19.5 Å². The SMILES string of the molecule is COCC(C)NC(=O)c1ccc(OC)c(COc2ccc(OC)cc2)c1. The Labute approximate surface area is 154 Å². The van der Waals surface area contributed by atoms with Crippen molar-refractivity contribution in [2.45, 2.75) is 19.6 Å². The number of carbonyl (C=O) groups excluding carboxylic acids is 1. The van der Waals surface area contributed by atoms with Gasteiger partial charge >= 0.3 is 0 Å². The molecule has 0 fully saturated rings. The van der Waals surface area contributed by atoms with Crippen LogP contribution in [0.5, 0.6) is 17.2 Å². The molecule has 6 nitrogen and oxygen atoms in total.